The van der Waals surface area contributed by atoms with Crippen LogP contribution in [0.5, 0.6) is 5.75 Å². The van der Waals surface area contributed by atoms with Crippen molar-refractivity contribution in [1.29, 1.82) is 0 Å². The molecule has 0 aliphatic heterocycles. The minimum atomic E-state index is -4.73. The Bertz CT molecular complexity index is 1310. The average Bonchev–Trinajstić information content (AvgIpc) is 3.36. The Hall–Kier alpha value is -2.50. The number of aryl methyl sites for hydroxylation is 1. The molecule has 4 aliphatic carbocycles. The third-order valence-electron chi connectivity index (χ3n) is 10.00. The fraction of sp³-hybridized carbons (Fsp3) is 0.552. The van der Waals surface area contributed by atoms with E-state index in [9.17, 15) is 18.3 Å². The van der Waals surface area contributed by atoms with Crippen LogP contribution in [-0.2, 0) is 6.42 Å². The summed E-state index contributed by atoms with van der Waals surface area (Å²) in [5, 5.41) is 15.1. The van der Waals surface area contributed by atoms with E-state index in [-0.39, 0.29) is 16.6 Å². The van der Waals surface area contributed by atoms with Crippen LogP contribution in [0.25, 0.3) is 5.57 Å². The lowest BCUT2D eigenvalue weighted by Gasteiger charge is -2.57. The zero-order valence-corrected chi connectivity index (χ0v) is 21.8. The van der Waals surface area contributed by atoms with E-state index in [0.717, 1.165) is 44.2 Å². The van der Waals surface area contributed by atoms with Crippen molar-refractivity contribution < 1.29 is 23.0 Å². The number of aliphatic hydroxyl groups is 1. The van der Waals surface area contributed by atoms with Crippen molar-refractivity contribution in [2.45, 2.75) is 70.8 Å². The first-order valence-electron chi connectivity index (χ1n) is 13.0. The molecule has 37 heavy (non-hydrogen) atoms. The standard InChI is InChI=1S/C29H31F3N2O2S/c1-4-28(35)15-11-21-19-8-9-22-24-23(12-13-26(22,2)20(19)10-14-27(21,28)3)34-25(37-24)33-17-6-5-7-18(16-17)36-29(30,31)32/h1,5-7,9,16,19-21,35H,8,10-15H2,2-3H3,(H,33,34)/t19-,20+,21+,26-,27+,28+/m1/s1. The Kier molecular flexibility index (Phi) is 5.53. The third-order valence-corrected chi connectivity index (χ3v) is 11.0. The van der Waals surface area contributed by atoms with Gasteiger partial charge >= 0.3 is 6.36 Å². The van der Waals surface area contributed by atoms with Crippen LogP contribution in [0.15, 0.2) is 30.3 Å². The molecule has 2 aromatic rings. The molecule has 0 unspecified atom stereocenters. The van der Waals surface area contributed by atoms with Crippen LogP contribution in [0.2, 0.25) is 0 Å². The van der Waals surface area contributed by atoms with Crippen molar-refractivity contribution in [1.82, 2.24) is 4.98 Å². The molecule has 4 aliphatic rings. The monoisotopic (exact) mass is 528 g/mol. The summed E-state index contributed by atoms with van der Waals surface area (Å²) in [4.78, 5) is 6.01. The number of ether oxygens (including phenoxy) is 1. The predicted molar refractivity (Wildman–Crippen MR) is 138 cm³/mol. The number of thiazole rings is 1. The predicted octanol–water partition coefficient (Wildman–Crippen LogP) is 7.33. The Morgan fingerprint density at radius 3 is 2.73 bits per heavy atom. The van der Waals surface area contributed by atoms with E-state index in [1.807, 2.05) is 0 Å². The van der Waals surface area contributed by atoms with Crippen LogP contribution in [0.4, 0.5) is 24.0 Å². The van der Waals surface area contributed by atoms with Crippen molar-refractivity contribution in [2.24, 2.45) is 28.6 Å². The molecule has 4 nitrogen and oxygen atoms in total. The number of nitrogens with zero attached hydrogens (tertiary/aromatic N) is 1. The van der Waals surface area contributed by atoms with Crippen molar-refractivity contribution in [2.75, 3.05) is 5.32 Å². The summed E-state index contributed by atoms with van der Waals surface area (Å²) < 4.78 is 42.0. The van der Waals surface area contributed by atoms with Gasteiger partial charge in [-0.1, -0.05) is 43.2 Å². The van der Waals surface area contributed by atoms with Crippen LogP contribution in [0, 0.1) is 40.9 Å². The zero-order valence-electron chi connectivity index (χ0n) is 21.0. The van der Waals surface area contributed by atoms with Gasteiger partial charge in [0.2, 0.25) is 0 Å². The fourth-order valence-electron chi connectivity index (χ4n) is 8.08. The molecule has 2 saturated carbocycles. The van der Waals surface area contributed by atoms with Crippen molar-refractivity contribution in [3.8, 4) is 18.1 Å². The number of hydrogen-bond donors (Lipinski definition) is 2. The second-order valence-corrected chi connectivity index (χ2v) is 12.6. The fourth-order valence-corrected chi connectivity index (χ4v) is 9.29. The molecule has 1 aromatic carbocycles. The molecule has 1 heterocycles. The summed E-state index contributed by atoms with van der Waals surface area (Å²) in [6.45, 7) is 4.60. The number of rotatable bonds is 3. The summed E-state index contributed by atoms with van der Waals surface area (Å²) in [6.07, 6.45) is 10.0. The molecular formula is C29H31F3N2O2S. The van der Waals surface area contributed by atoms with Crippen LogP contribution in [0.1, 0.15) is 62.9 Å². The highest BCUT2D eigenvalue weighted by molar-refractivity contribution is 7.16. The number of aromatic nitrogens is 1. The van der Waals surface area contributed by atoms with Crippen LogP contribution in [0.3, 0.4) is 0 Å². The van der Waals surface area contributed by atoms with E-state index < -0.39 is 12.0 Å². The maximum Gasteiger partial charge on any atom is 0.573 e. The number of hydrogen-bond acceptors (Lipinski definition) is 5. The molecule has 2 fully saturated rings. The number of fused-ring (bicyclic) bond motifs is 7. The molecule has 6 atom stereocenters. The number of terminal acetylenes is 1. The number of anilines is 2. The highest BCUT2D eigenvalue weighted by atomic mass is 32.1. The van der Waals surface area contributed by atoms with Crippen molar-refractivity contribution >= 4 is 27.7 Å². The minimum absolute atomic E-state index is 0.0400. The normalized spacial score (nSPS) is 36.4. The molecule has 1 aromatic heterocycles. The molecular weight excluding hydrogens is 497 g/mol. The van der Waals surface area contributed by atoms with Gasteiger partial charge in [-0.2, -0.15) is 0 Å². The molecule has 0 spiro atoms. The summed E-state index contributed by atoms with van der Waals surface area (Å²) in [5.41, 5.74) is 1.73. The van der Waals surface area contributed by atoms with Gasteiger partial charge in [0, 0.05) is 17.2 Å². The summed E-state index contributed by atoms with van der Waals surface area (Å²) in [7, 11) is 0. The van der Waals surface area contributed by atoms with Gasteiger partial charge < -0.3 is 15.2 Å². The molecule has 6 rings (SSSR count). The van der Waals surface area contributed by atoms with Gasteiger partial charge in [-0.15, -0.1) is 19.6 Å². The summed E-state index contributed by atoms with van der Waals surface area (Å²) >= 11 is 1.57. The van der Waals surface area contributed by atoms with Gasteiger partial charge in [0.05, 0.1) is 10.6 Å². The van der Waals surface area contributed by atoms with Crippen molar-refractivity contribution in [3.63, 3.8) is 0 Å². The molecule has 8 heteroatoms. The lowest BCUT2D eigenvalue weighted by molar-refractivity contribution is -0.274. The van der Waals surface area contributed by atoms with E-state index in [2.05, 4.69) is 35.9 Å². The van der Waals surface area contributed by atoms with Gasteiger partial charge in [0.25, 0.3) is 0 Å². The zero-order chi connectivity index (χ0) is 26.2. The van der Waals surface area contributed by atoms with Gasteiger partial charge in [0.1, 0.15) is 11.4 Å². The van der Waals surface area contributed by atoms with Gasteiger partial charge in [-0.05, 0) is 85.8 Å². The largest absolute Gasteiger partial charge is 0.573 e. The Morgan fingerprint density at radius 1 is 1.19 bits per heavy atom. The lowest BCUT2D eigenvalue weighted by atomic mass is 9.47. The first-order chi connectivity index (χ1) is 17.5. The number of halogens is 3. The third kappa shape index (κ3) is 3.80. The first-order valence-corrected chi connectivity index (χ1v) is 13.8. The molecule has 0 amide bonds. The van der Waals surface area contributed by atoms with Crippen LogP contribution >= 0.6 is 11.3 Å². The van der Waals surface area contributed by atoms with E-state index in [1.165, 1.54) is 28.6 Å². The molecule has 0 saturated heterocycles. The second kappa shape index (κ2) is 8.25. The summed E-state index contributed by atoms with van der Waals surface area (Å²) in [6, 6.07) is 5.85. The highest BCUT2D eigenvalue weighted by Gasteiger charge is 2.63. The lowest BCUT2D eigenvalue weighted by Crippen LogP contribution is -2.53. The second-order valence-electron chi connectivity index (χ2n) is 11.6. The van der Waals surface area contributed by atoms with Gasteiger partial charge in [-0.3, -0.25) is 0 Å². The van der Waals surface area contributed by atoms with Crippen LogP contribution < -0.4 is 10.1 Å². The Morgan fingerprint density at radius 2 is 1.97 bits per heavy atom. The van der Waals surface area contributed by atoms with E-state index in [1.54, 1.807) is 17.4 Å². The minimum Gasteiger partial charge on any atom is -0.406 e. The Balaban J connectivity index is 1.27. The summed E-state index contributed by atoms with van der Waals surface area (Å²) in [5.74, 6) is 3.96. The van der Waals surface area contributed by atoms with Gasteiger partial charge in [0.15, 0.2) is 5.13 Å². The van der Waals surface area contributed by atoms with Crippen molar-refractivity contribution in [3.05, 3.63) is 40.9 Å². The quantitative estimate of drug-likeness (QED) is 0.410. The van der Waals surface area contributed by atoms with E-state index >= 15 is 0 Å². The van der Waals surface area contributed by atoms with E-state index in [0.29, 0.717) is 35.0 Å². The maximum atomic E-state index is 12.6. The molecule has 196 valence electrons. The maximum absolute atomic E-state index is 12.6. The van der Waals surface area contributed by atoms with E-state index in [4.69, 9.17) is 11.4 Å². The molecule has 2 N–H and O–H groups in total. The SMILES string of the molecule is C#C[C@]1(O)CC[C@H]2[C@@H]3CC=C4c5sc(Nc6cccc(OC(F)(F)F)c6)nc5CC[C@]4(C)[C@H]3CC[C@@]21C. The number of allylic oxidation sites excluding steroid dienone is 2. The average molecular weight is 529 g/mol. The highest BCUT2D eigenvalue weighted by Crippen LogP contribution is 2.68. The first kappa shape index (κ1) is 24.8. The molecule has 0 bridgehead atoms. The Labute approximate surface area is 219 Å². The number of benzene rings is 1. The van der Waals surface area contributed by atoms with Gasteiger partial charge in [-0.25, -0.2) is 4.98 Å². The molecule has 0 radical (unpaired) electrons. The van der Waals surface area contributed by atoms with Crippen LogP contribution in [-0.4, -0.2) is 22.1 Å². The topological polar surface area (TPSA) is 54.4 Å². The number of alkyl halides is 3. The number of nitrogens with one attached hydrogen (secondary N) is 1. The smallest absolute Gasteiger partial charge is 0.406 e.